The van der Waals surface area contributed by atoms with Crippen LogP contribution in [0.3, 0.4) is 0 Å². The molecule has 1 aliphatic heterocycles. The summed E-state index contributed by atoms with van der Waals surface area (Å²) in [6, 6.07) is 17.5. The minimum absolute atomic E-state index is 0.317. The summed E-state index contributed by atoms with van der Waals surface area (Å²) in [6.45, 7) is 0.829. The first-order valence-electron chi connectivity index (χ1n) is 11.3. The molecule has 0 saturated carbocycles. The average Bonchev–Trinajstić information content (AvgIpc) is 3.50. The van der Waals surface area contributed by atoms with Crippen LogP contribution in [0.1, 0.15) is 17.5 Å². The fraction of sp³-hybridized carbons (Fsp3) is 0.280. The SMILES string of the molecule is COc1ccccc1C1=NO[C@H](Cn2c(NCc3ccccc3)nc3c2c(=O)n(C)c(=O)n3C)C1. The van der Waals surface area contributed by atoms with Gasteiger partial charge in [0.25, 0.3) is 5.56 Å². The second kappa shape index (κ2) is 9.13. The maximum Gasteiger partial charge on any atom is 0.332 e. The Morgan fingerprint density at radius 3 is 2.57 bits per heavy atom. The van der Waals surface area contributed by atoms with Gasteiger partial charge in [0.2, 0.25) is 5.95 Å². The van der Waals surface area contributed by atoms with Gasteiger partial charge in [0.1, 0.15) is 5.75 Å². The Morgan fingerprint density at radius 2 is 1.80 bits per heavy atom. The van der Waals surface area contributed by atoms with Gasteiger partial charge in [0, 0.05) is 32.6 Å². The Labute approximate surface area is 201 Å². The Kier molecular flexibility index (Phi) is 5.86. The van der Waals surface area contributed by atoms with Gasteiger partial charge in [-0.3, -0.25) is 13.9 Å². The number of aromatic nitrogens is 4. The van der Waals surface area contributed by atoms with E-state index in [1.54, 1.807) is 18.7 Å². The molecule has 35 heavy (non-hydrogen) atoms. The molecule has 1 N–H and O–H groups in total. The molecule has 0 unspecified atom stereocenters. The Hall–Kier alpha value is -4.34. The van der Waals surface area contributed by atoms with Crippen molar-refractivity contribution >= 4 is 22.8 Å². The summed E-state index contributed by atoms with van der Waals surface area (Å²) >= 11 is 0. The number of fused-ring (bicyclic) bond motifs is 1. The third-order valence-electron chi connectivity index (χ3n) is 6.18. The largest absolute Gasteiger partial charge is 0.496 e. The number of nitrogens with zero attached hydrogens (tertiary/aromatic N) is 5. The zero-order chi connectivity index (χ0) is 24.5. The normalized spacial score (nSPS) is 15.2. The van der Waals surface area contributed by atoms with Crippen LogP contribution in [-0.4, -0.2) is 37.6 Å². The highest BCUT2D eigenvalue weighted by atomic mass is 16.6. The summed E-state index contributed by atoms with van der Waals surface area (Å²) in [5.41, 5.74) is 2.52. The zero-order valence-electron chi connectivity index (χ0n) is 19.8. The molecule has 0 aliphatic carbocycles. The van der Waals surface area contributed by atoms with Crippen molar-refractivity contribution < 1.29 is 9.57 Å². The predicted octanol–water partition coefficient (Wildman–Crippen LogP) is 2.25. The van der Waals surface area contributed by atoms with Crippen molar-refractivity contribution in [2.45, 2.75) is 25.6 Å². The molecule has 0 fully saturated rings. The van der Waals surface area contributed by atoms with Gasteiger partial charge in [-0.1, -0.05) is 47.6 Å². The monoisotopic (exact) mass is 474 g/mol. The number of benzene rings is 2. The van der Waals surface area contributed by atoms with Crippen molar-refractivity contribution in [3.63, 3.8) is 0 Å². The fourth-order valence-electron chi connectivity index (χ4n) is 4.31. The smallest absolute Gasteiger partial charge is 0.332 e. The molecule has 0 bridgehead atoms. The Morgan fingerprint density at radius 1 is 1.06 bits per heavy atom. The van der Waals surface area contributed by atoms with Crippen LogP contribution >= 0.6 is 0 Å². The van der Waals surface area contributed by atoms with Gasteiger partial charge in [-0.2, -0.15) is 4.98 Å². The highest BCUT2D eigenvalue weighted by molar-refractivity contribution is 6.03. The molecule has 0 radical (unpaired) electrons. The molecule has 10 heteroatoms. The first-order chi connectivity index (χ1) is 17.0. The third kappa shape index (κ3) is 4.07. The van der Waals surface area contributed by atoms with Crippen molar-refractivity contribution in [1.82, 2.24) is 18.7 Å². The van der Waals surface area contributed by atoms with E-state index in [1.165, 1.54) is 11.6 Å². The summed E-state index contributed by atoms with van der Waals surface area (Å²) in [4.78, 5) is 36.0. The lowest BCUT2D eigenvalue weighted by atomic mass is 10.0. The first kappa shape index (κ1) is 22.5. The van der Waals surface area contributed by atoms with Crippen LogP contribution in [0.4, 0.5) is 5.95 Å². The van der Waals surface area contributed by atoms with E-state index in [4.69, 9.17) is 9.57 Å². The molecule has 2 aromatic carbocycles. The van der Waals surface area contributed by atoms with Crippen LogP contribution in [0.2, 0.25) is 0 Å². The lowest BCUT2D eigenvalue weighted by Crippen LogP contribution is -2.37. The van der Waals surface area contributed by atoms with Crippen molar-refractivity contribution in [3.8, 4) is 5.75 Å². The van der Waals surface area contributed by atoms with Crippen molar-refractivity contribution in [2.75, 3.05) is 12.4 Å². The zero-order valence-corrected chi connectivity index (χ0v) is 19.8. The van der Waals surface area contributed by atoms with Crippen LogP contribution in [0.15, 0.2) is 69.3 Å². The molecular formula is C25H26N6O4. The number of oxime groups is 1. The van der Waals surface area contributed by atoms with Gasteiger partial charge in [-0.25, -0.2) is 4.79 Å². The number of methoxy groups -OCH3 is 1. The lowest BCUT2D eigenvalue weighted by Gasteiger charge is -2.14. The summed E-state index contributed by atoms with van der Waals surface area (Å²) in [7, 11) is 4.69. The van der Waals surface area contributed by atoms with E-state index in [0.29, 0.717) is 36.6 Å². The molecule has 180 valence electrons. The number of aryl methyl sites for hydroxylation is 1. The van der Waals surface area contributed by atoms with Crippen molar-refractivity contribution in [1.29, 1.82) is 0 Å². The number of hydrogen-bond acceptors (Lipinski definition) is 7. The summed E-state index contributed by atoms with van der Waals surface area (Å²) in [6.07, 6.45) is 0.205. The maximum atomic E-state index is 13.1. The standard InChI is InChI=1S/C25H26N6O4/c1-29-22-21(23(32)30(2)25(29)33)31(24(27-22)26-14-16-9-5-4-6-10-16)15-17-13-19(28-35-17)18-11-7-8-12-20(18)34-3/h4-12,17H,13-15H2,1-3H3,(H,26,27)/t17-/m0/s1. The van der Waals surface area contributed by atoms with Crippen LogP contribution in [0.25, 0.3) is 11.2 Å². The molecule has 2 aromatic heterocycles. The first-order valence-corrected chi connectivity index (χ1v) is 11.3. The molecule has 1 atom stereocenters. The number of para-hydroxylation sites is 1. The topological polar surface area (TPSA) is 105 Å². The average molecular weight is 475 g/mol. The lowest BCUT2D eigenvalue weighted by molar-refractivity contribution is 0.0736. The number of anilines is 1. The third-order valence-corrected chi connectivity index (χ3v) is 6.18. The summed E-state index contributed by atoms with van der Waals surface area (Å²) < 4.78 is 9.72. The molecule has 0 amide bonds. The molecule has 0 spiro atoms. The number of hydrogen-bond donors (Lipinski definition) is 1. The highest BCUT2D eigenvalue weighted by Gasteiger charge is 2.28. The summed E-state index contributed by atoms with van der Waals surface area (Å²) in [5.74, 6) is 1.20. The highest BCUT2D eigenvalue weighted by Crippen LogP contribution is 2.26. The van der Waals surface area contributed by atoms with E-state index in [0.717, 1.165) is 27.2 Å². The van der Waals surface area contributed by atoms with Gasteiger partial charge in [0.15, 0.2) is 17.3 Å². The van der Waals surface area contributed by atoms with E-state index >= 15 is 0 Å². The van der Waals surface area contributed by atoms with Crippen molar-refractivity contribution in [2.24, 2.45) is 19.3 Å². The molecular weight excluding hydrogens is 448 g/mol. The minimum Gasteiger partial charge on any atom is -0.496 e. The van der Waals surface area contributed by atoms with Crippen LogP contribution in [-0.2, 0) is 32.0 Å². The molecule has 0 saturated heterocycles. The fourth-order valence-corrected chi connectivity index (χ4v) is 4.31. The number of rotatable bonds is 7. The van der Waals surface area contributed by atoms with E-state index in [2.05, 4.69) is 15.5 Å². The molecule has 1 aliphatic rings. The van der Waals surface area contributed by atoms with Crippen LogP contribution in [0, 0.1) is 0 Å². The van der Waals surface area contributed by atoms with E-state index in [1.807, 2.05) is 54.6 Å². The molecule has 4 aromatic rings. The van der Waals surface area contributed by atoms with Gasteiger partial charge in [-0.15, -0.1) is 0 Å². The van der Waals surface area contributed by atoms with E-state index in [9.17, 15) is 9.59 Å². The van der Waals surface area contributed by atoms with E-state index in [-0.39, 0.29) is 6.10 Å². The van der Waals surface area contributed by atoms with Crippen molar-refractivity contribution in [3.05, 3.63) is 86.6 Å². The Bertz CT molecular complexity index is 1530. The quantitative estimate of drug-likeness (QED) is 0.441. The Balaban J connectivity index is 1.50. The summed E-state index contributed by atoms with van der Waals surface area (Å²) in [5, 5.41) is 7.62. The number of nitrogens with one attached hydrogen (secondary N) is 1. The van der Waals surface area contributed by atoms with Gasteiger partial charge < -0.3 is 19.5 Å². The van der Waals surface area contributed by atoms with Crippen LogP contribution < -0.4 is 21.3 Å². The maximum absolute atomic E-state index is 13.1. The number of ether oxygens (including phenoxy) is 1. The molecule has 5 rings (SSSR count). The number of imidazole rings is 1. The second-order valence-electron chi connectivity index (χ2n) is 8.43. The van der Waals surface area contributed by atoms with Crippen LogP contribution in [0.5, 0.6) is 5.75 Å². The predicted molar refractivity (Wildman–Crippen MR) is 133 cm³/mol. The van der Waals surface area contributed by atoms with E-state index < -0.39 is 11.2 Å². The second-order valence-corrected chi connectivity index (χ2v) is 8.43. The molecule has 10 nitrogen and oxygen atoms in total. The minimum atomic E-state index is -0.430. The van der Waals surface area contributed by atoms with Gasteiger partial charge in [-0.05, 0) is 17.7 Å². The van der Waals surface area contributed by atoms with Gasteiger partial charge in [0.05, 0.1) is 19.4 Å². The molecule has 3 heterocycles. The van der Waals surface area contributed by atoms with Gasteiger partial charge >= 0.3 is 5.69 Å².